The Hall–Kier alpha value is -1.11. The van der Waals surface area contributed by atoms with Gasteiger partial charge in [0.05, 0.1) is 0 Å². The average molecular weight is 237 g/mol. The van der Waals surface area contributed by atoms with E-state index in [0.717, 1.165) is 0 Å². The number of nitrogens with two attached hydrogens (primary N) is 1. The van der Waals surface area contributed by atoms with E-state index >= 15 is 0 Å². The molecule has 0 aliphatic heterocycles. The summed E-state index contributed by atoms with van der Waals surface area (Å²) < 4.78 is 35.2. The number of halogens is 3. The van der Waals surface area contributed by atoms with Gasteiger partial charge in [0.25, 0.3) is 0 Å². The van der Waals surface area contributed by atoms with Crippen LogP contribution in [-0.2, 0) is 0 Å². The summed E-state index contributed by atoms with van der Waals surface area (Å²) in [5.41, 5.74) is 1.22. The van der Waals surface area contributed by atoms with Crippen LogP contribution < -0.4 is 11.1 Å². The van der Waals surface area contributed by atoms with Gasteiger partial charge in [-0.2, -0.15) is 13.2 Å². The van der Waals surface area contributed by atoms with Crippen LogP contribution in [0.25, 0.3) is 0 Å². The molecule has 0 bridgehead atoms. The maximum absolute atomic E-state index is 11.7. The van der Waals surface area contributed by atoms with Gasteiger partial charge in [-0.1, -0.05) is 6.07 Å². The number of thioether (sulfide) groups is 1. The standard InChI is InChI=1S/C8H10F3N3S/c9-8(10,11)15-5-4-13-7-3-1-2-6(12)14-7/h1-3H,4-5H2,(H3,12,13,14). The van der Waals surface area contributed by atoms with Crippen LogP contribution in [0.4, 0.5) is 24.8 Å². The highest BCUT2D eigenvalue weighted by molar-refractivity contribution is 8.00. The molecule has 1 aromatic rings. The minimum absolute atomic E-state index is 0.0556. The molecule has 3 N–H and O–H groups in total. The molecule has 1 aromatic heterocycles. The van der Waals surface area contributed by atoms with Crippen molar-refractivity contribution < 1.29 is 13.2 Å². The summed E-state index contributed by atoms with van der Waals surface area (Å²) in [5, 5.41) is 2.75. The number of aromatic nitrogens is 1. The second-order valence-electron chi connectivity index (χ2n) is 2.67. The van der Waals surface area contributed by atoms with Crippen molar-refractivity contribution in [2.24, 2.45) is 0 Å². The molecule has 15 heavy (non-hydrogen) atoms. The number of anilines is 2. The predicted octanol–water partition coefficient (Wildman–Crippen LogP) is 2.33. The Kier molecular flexibility index (Phi) is 4.07. The minimum Gasteiger partial charge on any atom is -0.384 e. The zero-order chi connectivity index (χ0) is 11.3. The van der Waals surface area contributed by atoms with Gasteiger partial charge in [-0.3, -0.25) is 0 Å². The van der Waals surface area contributed by atoms with Crippen LogP contribution in [0.3, 0.4) is 0 Å². The molecule has 0 radical (unpaired) electrons. The third kappa shape index (κ3) is 5.36. The molecule has 0 aromatic carbocycles. The van der Waals surface area contributed by atoms with Gasteiger partial charge in [0.1, 0.15) is 11.6 Å². The van der Waals surface area contributed by atoms with Crippen molar-refractivity contribution >= 4 is 23.4 Å². The lowest BCUT2D eigenvalue weighted by Gasteiger charge is -2.07. The lowest BCUT2D eigenvalue weighted by molar-refractivity contribution is -0.0327. The van der Waals surface area contributed by atoms with E-state index in [1.54, 1.807) is 18.2 Å². The van der Waals surface area contributed by atoms with Gasteiger partial charge in [-0.25, -0.2) is 4.98 Å². The Bertz CT molecular complexity index is 316. The fourth-order valence-corrected chi connectivity index (χ4v) is 1.33. The van der Waals surface area contributed by atoms with Gasteiger partial charge in [-0.05, 0) is 23.9 Å². The van der Waals surface area contributed by atoms with E-state index in [9.17, 15) is 13.2 Å². The molecule has 3 nitrogen and oxygen atoms in total. The highest BCUT2D eigenvalue weighted by Gasteiger charge is 2.27. The van der Waals surface area contributed by atoms with Gasteiger partial charge in [-0.15, -0.1) is 0 Å². The van der Waals surface area contributed by atoms with Crippen molar-refractivity contribution in [3.63, 3.8) is 0 Å². The first-order valence-electron chi connectivity index (χ1n) is 4.14. The molecule has 0 aliphatic carbocycles. The molecule has 7 heteroatoms. The summed E-state index contributed by atoms with van der Waals surface area (Å²) in [6.07, 6.45) is 0. The SMILES string of the molecule is Nc1cccc(NCCSC(F)(F)F)n1. The van der Waals surface area contributed by atoms with Crippen molar-refractivity contribution in [3.8, 4) is 0 Å². The molecule has 0 atom stereocenters. The normalized spacial score (nSPS) is 11.4. The molecule has 0 amide bonds. The fraction of sp³-hybridized carbons (Fsp3) is 0.375. The number of nitrogens with one attached hydrogen (secondary N) is 1. The lowest BCUT2D eigenvalue weighted by atomic mass is 10.4. The molecule has 0 saturated heterocycles. The summed E-state index contributed by atoms with van der Waals surface area (Å²) in [7, 11) is 0. The number of rotatable bonds is 4. The van der Waals surface area contributed by atoms with E-state index in [2.05, 4.69) is 10.3 Å². The van der Waals surface area contributed by atoms with Crippen LogP contribution >= 0.6 is 11.8 Å². The lowest BCUT2D eigenvalue weighted by Crippen LogP contribution is -2.10. The predicted molar refractivity (Wildman–Crippen MR) is 55.7 cm³/mol. The molecule has 0 fully saturated rings. The topological polar surface area (TPSA) is 50.9 Å². The maximum atomic E-state index is 11.7. The van der Waals surface area contributed by atoms with Crippen molar-refractivity contribution in [2.45, 2.75) is 5.51 Å². The zero-order valence-corrected chi connectivity index (χ0v) is 8.53. The van der Waals surface area contributed by atoms with Crippen LogP contribution in [0.1, 0.15) is 0 Å². The van der Waals surface area contributed by atoms with E-state index in [1.165, 1.54) is 0 Å². The van der Waals surface area contributed by atoms with Crippen LogP contribution in [0.15, 0.2) is 18.2 Å². The van der Waals surface area contributed by atoms with Crippen molar-refractivity contribution in [3.05, 3.63) is 18.2 Å². The highest BCUT2D eigenvalue weighted by Crippen LogP contribution is 2.29. The summed E-state index contributed by atoms with van der Waals surface area (Å²) >= 11 is -0.0645. The number of hydrogen-bond donors (Lipinski definition) is 2. The minimum atomic E-state index is -4.18. The average Bonchev–Trinajstić information content (AvgIpc) is 2.11. The van der Waals surface area contributed by atoms with Crippen molar-refractivity contribution in [2.75, 3.05) is 23.3 Å². The van der Waals surface area contributed by atoms with Gasteiger partial charge < -0.3 is 11.1 Å². The Balaban J connectivity index is 2.26. The third-order valence-corrected chi connectivity index (χ3v) is 2.18. The summed E-state index contributed by atoms with van der Waals surface area (Å²) in [4.78, 5) is 3.88. The molecule has 0 aliphatic rings. The second-order valence-corrected chi connectivity index (χ2v) is 3.83. The van der Waals surface area contributed by atoms with E-state index in [-0.39, 0.29) is 24.1 Å². The molecule has 1 heterocycles. The summed E-state index contributed by atoms with van der Waals surface area (Å²) in [5.74, 6) is 0.765. The first-order valence-corrected chi connectivity index (χ1v) is 5.13. The molecule has 84 valence electrons. The Morgan fingerprint density at radius 3 is 2.73 bits per heavy atom. The number of alkyl halides is 3. The molecule has 1 rings (SSSR count). The van der Waals surface area contributed by atoms with Crippen LogP contribution in [0.2, 0.25) is 0 Å². The smallest absolute Gasteiger partial charge is 0.384 e. The third-order valence-electron chi connectivity index (χ3n) is 1.44. The summed E-state index contributed by atoms with van der Waals surface area (Å²) in [6.45, 7) is 0.195. The zero-order valence-electron chi connectivity index (χ0n) is 7.71. The number of nitrogens with zero attached hydrogens (tertiary/aromatic N) is 1. The van der Waals surface area contributed by atoms with Crippen LogP contribution in [0, 0.1) is 0 Å². The molecular formula is C8H10F3N3S. The van der Waals surface area contributed by atoms with Crippen LogP contribution in [0.5, 0.6) is 0 Å². The Labute approximate surface area is 89.3 Å². The van der Waals surface area contributed by atoms with Gasteiger partial charge in [0.15, 0.2) is 0 Å². The summed E-state index contributed by atoms with van der Waals surface area (Å²) in [6, 6.07) is 4.94. The van der Waals surface area contributed by atoms with Crippen molar-refractivity contribution in [1.82, 2.24) is 4.98 Å². The van der Waals surface area contributed by atoms with Crippen molar-refractivity contribution in [1.29, 1.82) is 0 Å². The van der Waals surface area contributed by atoms with Crippen LogP contribution in [-0.4, -0.2) is 22.8 Å². The number of nitrogen functional groups attached to an aromatic ring is 1. The van der Waals surface area contributed by atoms with Gasteiger partial charge in [0.2, 0.25) is 0 Å². The number of pyridine rings is 1. The Morgan fingerprint density at radius 2 is 2.13 bits per heavy atom. The second kappa shape index (κ2) is 5.11. The maximum Gasteiger partial charge on any atom is 0.441 e. The fourth-order valence-electron chi connectivity index (χ4n) is 0.896. The van der Waals surface area contributed by atoms with E-state index < -0.39 is 5.51 Å². The quantitative estimate of drug-likeness (QED) is 0.789. The van der Waals surface area contributed by atoms with E-state index in [0.29, 0.717) is 11.6 Å². The first kappa shape index (κ1) is 12.0. The monoisotopic (exact) mass is 237 g/mol. The van der Waals surface area contributed by atoms with Gasteiger partial charge in [0, 0.05) is 12.3 Å². The Morgan fingerprint density at radius 1 is 1.40 bits per heavy atom. The van der Waals surface area contributed by atoms with E-state index in [1.807, 2.05) is 0 Å². The van der Waals surface area contributed by atoms with Gasteiger partial charge >= 0.3 is 5.51 Å². The van der Waals surface area contributed by atoms with E-state index in [4.69, 9.17) is 5.73 Å². The molecular weight excluding hydrogens is 227 g/mol. The first-order chi connectivity index (χ1) is 6.97. The molecule has 0 unspecified atom stereocenters. The largest absolute Gasteiger partial charge is 0.441 e. The molecule has 0 spiro atoms. The molecule has 0 saturated carbocycles. The highest BCUT2D eigenvalue weighted by atomic mass is 32.2. The number of hydrogen-bond acceptors (Lipinski definition) is 4.